The second-order valence-electron chi connectivity index (χ2n) is 6.81. The zero-order chi connectivity index (χ0) is 18.3. The van der Waals surface area contributed by atoms with Crippen molar-refractivity contribution in [1.29, 1.82) is 0 Å². The molecule has 8 heteroatoms. The molecule has 0 aromatic heterocycles. The Kier molecular flexibility index (Phi) is 4.24. The molecule has 1 aliphatic heterocycles. The van der Waals surface area contributed by atoms with Gasteiger partial charge in [-0.15, -0.1) is 0 Å². The molecular weight excluding hydrogens is 354 g/mol. The first-order valence-corrected chi connectivity index (χ1v) is 10.2. The Morgan fingerprint density at radius 2 is 1.77 bits per heavy atom. The zero-order valence-electron chi connectivity index (χ0n) is 14.2. The number of nitrogens with one attached hydrogen (secondary N) is 3. The highest BCUT2D eigenvalue weighted by molar-refractivity contribution is 7.94. The molecule has 0 bridgehead atoms. The Labute approximate surface area is 152 Å². The summed E-state index contributed by atoms with van der Waals surface area (Å²) < 4.78 is 26.7. The third-order valence-corrected chi connectivity index (χ3v) is 6.42. The molecule has 0 saturated carbocycles. The number of dihydropyridines is 1. The number of hydrogen-bond acceptors (Lipinski definition) is 5. The van der Waals surface area contributed by atoms with Gasteiger partial charge in [-0.2, -0.15) is 0 Å². The Hall–Kier alpha value is -2.32. The maximum Gasteiger partial charge on any atom is 0.333 e. The molecule has 4 N–H and O–H groups in total. The first kappa shape index (κ1) is 17.1. The molecule has 1 aromatic carbocycles. The average molecular weight is 375 g/mol. The van der Waals surface area contributed by atoms with E-state index in [4.69, 9.17) is 0 Å². The van der Waals surface area contributed by atoms with Crippen molar-refractivity contribution in [2.24, 2.45) is 0 Å². The molecule has 138 valence electrons. The van der Waals surface area contributed by atoms with Gasteiger partial charge in [-0.25, -0.2) is 17.9 Å². The first-order valence-electron chi connectivity index (χ1n) is 8.77. The van der Waals surface area contributed by atoms with Gasteiger partial charge in [-0.3, -0.25) is 0 Å². The quantitative estimate of drug-likeness (QED) is 0.639. The van der Waals surface area contributed by atoms with E-state index in [0.717, 1.165) is 61.5 Å². The molecule has 2 amide bonds. The van der Waals surface area contributed by atoms with Gasteiger partial charge < -0.3 is 15.7 Å². The molecule has 0 spiro atoms. The molecule has 3 aliphatic rings. The van der Waals surface area contributed by atoms with Crippen molar-refractivity contribution in [3.63, 3.8) is 0 Å². The molecule has 0 fully saturated rings. The number of aliphatic hydroxyl groups excluding tert-OH is 1. The van der Waals surface area contributed by atoms with Crippen molar-refractivity contribution in [3.05, 3.63) is 51.6 Å². The fourth-order valence-corrected chi connectivity index (χ4v) is 4.81. The molecule has 7 nitrogen and oxygen atoms in total. The van der Waals surface area contributed by atoms with Crippen LogP contribution in [0.3, 0.4) is 0 Å². The number of anilines is 1. The van der Waals surface area contributed by atoms with Crippen LogP contribution in [0.2, 0.25) is 0 Å². The molecule has 1 unspecified atom stereocenters. The number of sulfonamides is 1. The fourth-order valence-electron chi connectivity index (χ4n) is 3.91. The number of aryl methyl sites for hydroxylation is 2. The summed E-state index contributed by atoms with van der Waals surface area (Å²) in [6, 6.07) is 1.49. The maximum absolute atomic E-state index is 12.4. The van der Waals surface area contributed by atoms with E-state index >= 15 is 0 Å². The lowest BCUT2D eigenvalue weighted by Crippen LogP contribution is -2.37. The predicted octanol–water partition coefficient (Wildman–Crippen LogP) is 1.43. The van der Waals surface area contributed by atoms with Crippen LogP contribution in [0, 0.1) is 0 Å². The van der Waals surface area contributed by atoms with Gasteiger partial charge in [0.2, 0.25) is 0 Å². The van der Waals surface area contributed by atoms with E-state index in [-0.39, 0.29) is 4.91 Å². The second-order valence-corrected chi connectivity index (χ2v) is 8.49. The normalized spacial score (nSPS) is 20.8. The number of carbonyl (C=O) groups excluding carboxylic acids is 1. The summed E-state index contributed by atoms with van der Waals surface area (Å²) >= 11 is 0. The Morgan fingerprint density at radius 1 is 1.12 bits per heavy atom. The zero-order valence-corrected chi connectivity index (χ0v) is 15.0. The summed E-state index contributed by atoms with van der Waals surface area (Å²) in [6.07, 6.45) is 8.71. The maximum atomic E-state index is 12.4. The summed E-state index contributed by atoms with van der Waals surface area (Å²) in [5.41, 5.74) is 5.60. The number of benzene rings is 1. The fraction of sp³-hybridized carbons (Fsp3) is 0.389. The van der Waals surface area contributed by atoms with E-state index in [1.807, 2.05) is 0 Å². The Bertz CT molecular complexity index is 902. The van der Waals surface area contributed by atoms with Crippen LogP contribution in [0.5, 0.6) is 0 Å². The molecule has 1 heterocycles. The number of allylic oxidation sites excluding steroid dienone is 1. The van der Waals surface area contributed by atoms with Gasteiger partial charge in [0.1, 0.15) is 11.1 Å². The minimum absolute atomic E-state index is 0.110. The molecule has 0 radical (unpaired) electrons. The van der Waals surface area contributed by atoms with Crippen LogP contribution in [0.25, 0.3) is 0 Å². The third-order valence-electron chi connectivity index (χ3n) is 5.09. The van der Waals surface area contributed by atoms with Gasteiger partial charge in [0.25, 0.3) is 10.0 Å². The van der Waals surface area contributed by atoms with E-state index in [1.54, 1.807) is 0 Å². The van der Waals surface area contributed by atoms with Crippen molar-refractivity contribution >= 4 is 21.7 Å². The molecule has 1 aromatic rings. The standard InChI is InChI=1S/C18H21N3O4S/c22-16-8-7-13(10-19-16)26(24,25)21-18(23)20-17-14-5-1-3-11(14)9-12-4-2-6-15(12)17/h7-10,16,19,22H,1-6H2,(H2,20,21,23). The van der Waals surface area contributed by atoms with Gasteiger partial charge in [0, 0.05) is 11.9 Å². The van der Waals surface area contributed by atoms with Crippen molar-refractivity contribution in [2.45, 2.75) is 44.8 Å². The average Bonchev–Trinajstić information content (AvgIpc) is 3.23. The summed E-state index contributed by atoms with van der Waals surface area (Å²) in [6.45, 7) is 0. The van der Waals surface area contributed by atoms with Gasteiger partial charge in [-0.05, 0) is 72.9 Å². The summed E-state index contributed by atoms with van der Waals surface area (Å²) in [4.78, 5) is 12.3. The number of amides is 2. The summed E-state index contributed by atoms with van der Waals surface area (Å²) in [5.74, 6) is 0. The monoisotopic (exact) mass is 375 g/mol. The van der Waals surface area contributed by atoms with Gasteiger partial charge in [-0.1, -0.05) is 6.07 Å². The number of fused-ring (bicyclic) bond motifs is 2. The number of carbonyl (C=O) groups is 1. The molecular formula is C18H21N3O4S. The van der Waals surface area contributed by atoms with Crippen LogP contribution in [-0.4, -0.2) is 25.8 Å². The van der Waals surface area contributed by atoms with Gasteiger partial charge >= 0.3 is 6.03 Å². The molecule has 2 aliphatic carbocycles. The number of rotatable bonds is 3. The molecule has 4 rings (SSSR count). The van der Waals surface area contributed by atoms with E-state index < -0.39 is 22.3 Å². The predicted molar refractivity (Wildman–Crippen MR) is 97.9 cm³/mol. The van der Waals surface area contributed by atoms with Gasteiger partial charge in [0.05, 0.1) is 0 Å². The SMILES string of the molecule is O=C(Nc1c2c(cc3c1CCC3)CCC2)NS(=O)(=O)C1=CNC(O)C=C1. The van der Waals surface area contributed by atoms with Crippen LogP contribution in [0.1, 0.15) is 35.1 Å². The van der Waals surface area contributed by atoms with Crippen molar-refractivity contribution in [3.8, 4) is 0 Å². The molecule has 0 saturated heterocycles. The second kappa shape index (κ2) is 6.44. The van der Waals surface area contributed by atoms with Crippen molar-refractivity contribution in [2.75, 3.05) is 5.32 Å². The van der Waals surface area contributed by atoms with E-state index in [9.17, 15) is 18.3 Å². The topological polar surface area (TPSA) is 108 Å². The lowest BCUT2D eigenvalue weighted by molar-refractivity contribution is 0.200. The Morgan fingerprint density at radius 3 is 2.35 bits per heavy atom. The van der Waals surface area contributed by atoms with Crippen LogP contribution in [0.15, 0.2) is 29.3 Å². The van der Waals surface area contributed by atoms with Crippen LogP contribution < -0.4 is 15.4 Å². The number of hydrogen-bond donors (Lipinski definition) is 4. The van der Waals surface area contributed by atoms with E-state index in [0.29, 0.717) is 0 Å². The highest BCUT2D eigenvalue weighted by atomic mass is 32.2. The number of aliphatic hydroxyl groups is 1. The minimum atomic E-state index is -4.02. The Balaban J connectivity index is 1.56. The van der Waals surface area contributed by atoms with Crippen molar-refractivity contribution < 1.29 is 18.3 Å². The van der Waals surface area contributed by atoms with Crippen LogP contribution in [-0.2, 0) is 35.7 Å². The summed E-state index contributed by atoms with van der Waals surface area (Å²) in [7, 11) is -4.02. The molecule has 1 atom stereocenters. The summed E-state index contributed by atoms with van der Waals surface area (Å²) in [5, 5.41) is 14.6. The molecule has 26 heavy (non-hydrogen) atoms. The highest BCUT2D eigenvalue weighted by Gasteiger charge is 2.27. The van der Waals surface area contributed by atoms with E-state index in [1.165, 1.54) is 23.3 Å². The highest BCUT2D eigenvalue weighted by Crippen LogP contribution is 2.38. The third kappa shape index (κ3) is 3.10. The van der Waals surface area contributed by atoms with Crippen LogP contribution >= 0.6 is 0 Å². The minimum Gasteiger partial charge on any atom is -0.370 e. The van der Waals surface area contributed by atoms with Crippen LogP contribution in [0.4, 0.5) is 10.5 Å². The number of urea groups is 1. The van der Waals surface area contributed by atoms with Gasteiger partial charge in [0.15, 0.2) is 0 Å². The lowest BCUT2D eigenvalue weighted by atomic mass is 9.99. The largest absolute Gasteiger partial charge is 0.370 e. The smallest absolute Gasteiger partial charge is 0.333 e. The van der Waals surface area contributed by atoms with E-state index in [2.05, 4.69) is 21.4 Å². The lowest BCUT2D eigenvalue weighted by Gasteiger charge is -2.17. The first-order chi connectivity index (χ1) is 12.4. The van der Waals surface area contributed by atoms with Crippen molar-refractivity contribution in [1.82, 2.24) is 10.0 Å².